The van der Waals surface area contributed by atoms with Gasteiger partial charge in [-0.2, -0.15) is 0 Å². The molecule has 0 aliphatic carbocycles. The molecule has 2 aromatic heterocycles. The standard InChI is InChI=1S/C12H10N4O2/c1-13-11-14-5-8(6-15-11)7-2-3-10-9(4-7)16-12(17)18-10/h2-6H,1H3,(H,16,17)(H,13,14,15). The summed E-state index contributed by atoms with van der Waals surface area (Å²) in [6, 6.07) is 5.43. The van der Waals surface area contributed by atoms with Crippen LogP contribution in [0.15, 0.2) is 39.8 Å². The number of nitrogens with one attached hydrogen (secondary N) is 2. The molecular weight excluding hydrogens is 232 g/mol. The van der Waals surface area contributed by atoms with Gasteiger partial charge in [0.05, 0.1) is 5.52 Å². The van der Waals surface area contributed by atoms with Crippen LogP contribution in [-0.2, 0) is 0 Å². The first kappa shape index (κ1) is 10.5. The Morgan fingerprint density at radius 1 is 1.22 bits per heavy atom. The molecule has 6 nitrogen and oxygen atoms in total. The molecule has 0 aliphatic heterocycles. The smallest absolute Gasteiger partial charge is 0.408 e. The van der Waals surface area contributed by atoms with Gasteiger partial charge in [0.2, 0.25) is 5.95 Å². The molecule has 0 saturated heterocycles. The first-order valence-corrected chi connectivity index (χ1v) is 5.39. The number of oxazole rings is 1. The maximum atomic E-state index is 11.1. The van der Waals surface area contributed by atoms with Crippen LogP contribution < -0.4 is 11.1 Å². The number of hydrogen-bond donors (Lipinski definition) is 2. The number of benzene rings is 1. The van der Waals surface area contributed by atoms with Crippen molar-refractivity contribution in [1.82, 2.24) is 15.0 Å². The van der Waals surface area contributed by atoms with Gasteiger partial charge in [-0.1, -0.05) is 6.07 Å². The van der Waals surface area contributed by atoms with Gasteiger partial charge in [-0.05, 0) is 17.7 Å². The van der Waals surface area contributed by atoms with Crippen LogP contribution in [0.4, 0.5) is 5.95 Å². The average Bonchev–Trinajstić information content (AvgIpc) is 2.78. The number of aromatic nitrogens is 3. The van der Waals surface area contributed by atoms with Crippen LogP contribution >= 0.6 is 0 Å². The molecule has 0 amide bonds. The van der Waals surface area contributed by atoms with Crippen molar-refractivity contribution >= 4 is 17.0 Å². The van der Waals surface area contributed by atoms with Crippen molar-refractivity contribution in [1.29, 1.82) is 0 Å². The summed E-state index contributed by atoms with van der Waals surface area (Å²) >= 11 is 0. The SMILES string of the molecule is CNc1ncc(-c2ccc3oc(=O)[nH]c3c2)cn1. The molecular formula is C12H10N4O2. The van der Waals surface area contributed by atoms with Crippen molar-refractivity contribution < 1.29 is 4.42 Å². The van der Waals surface area contributed by atoms with Crippen molar-refractivity contribution in [3.05, 3.63) is 41.1 Å². The maximum absolute atomic E-state index is 11.1. The van der Waals surface area contributed by atoms with E-state index < -0.39 is 5.76 Å². The molecule has 0 unspecified atom stereocenters. The van der Waals surface area contributed by atoms with E-state index in [1.54, 1.807) is 25.5 Å². The van der Waals surface area contributed by atoms with Gasteiger partial charge < -0.3 is 9.73 Å². The molecule has 18 heavy (non-hydrogen) atoms. The largest absolute Gasteiger partial charge is 0.417 e. The zero-order valence-corrected chi connectivity index (χ0v) is 9.60. The molecule has 1 aromatic carbocycles. The third kappa shape index (κ3) is 1.73. The van der Waals surface area contributed by atoms with Crippen molar-refractivity contribution in [2.75, 3.05) is 12.4 Å². The van der Waals surface area contributed by atoms with Gasteiger partial charge >= 0.3 is 5.76 Å². The molecule has 2 heterocycles. The second-order valence-corrected chi connectivity index (χ2v) is 3.77. The molecule has 0 aliphatic rings. The molecule has 0 spiro atoms. The summed E-state index contributed by atoms with van der Waals surface area (Å²) in [6.07, 6.45) is 3.44. The molecule has 3 rings (SSSR count). The lowest BCUT2D eigenvalue weighted by molar-refractivity contribution is 0.555. The van der Waals surface area contributed by atoms with Gasteiger partial charge in [0, 0.05) is 25.0 Å². The summed E-state index contributed by atoms with van der Waals surface area (Å²) in [5, 5.41) is 2.85. The molecule has 0 fully saturated rings. The van der Waals surface area contributed by atoms with E-state index in [4.69, 9.17) is 4.42 Å². The maximum Gasteiger partial charge on any atom is 0.417 e. The fourth-order valence-corrected chi connectivity index (χ4v) is 1.74. The highest BCUT2D eigenvalue weighted by Gasteiger charge is 2.04. The Morgan fingerprint density at radius 2 is 2.00 bits per heavy atom. The summed E-state index contributed by atoms with van der Waals surface area (Å²) in [7, 11) is 1.76. The third-order valence-electron chi connectivity index (χ3n) is 2.63. The Bertz CT molecular complexity index is 743. The van der Waals surface area contributed by atoms with E-state index in [9.17, 15) is 4.79 Å². The Morgan fingerprint density at radius 3 is 2.72 bits per heavy atom. The zero-order chi connectivity index (χ0) is 12.5. The van der Waals surface area contributed by atoms with Crippen LogP contribution in [0.1, 0.15) is 0 Å². The van der Waals surface area contributed by atoms with Gasteiger partial charge in [0.25, 0.3) is 0 Å². The van der Waals surface area contributed by atoms with Gasteiger partial charge in [-0.25, -0.2) is 14.8 Å². The number of hydrogen-bond acceptors (Lipinski definition) is 5. The molecule has 0 atom stereocenters. The minimum atomic E-state index is -0.455. The van der Waals surface area contributed by atoms with E-state index in [0.717, 1.165) is 11.1 Å². The van der Waals surface area contributed by atoms with Crippen molar-refractivity contribution in [3.63, 3.8) is 0 Å². The van der Waals surface area contributed by atoms with Crippen LogP contribution in [0.2, 0.25) is 0 Å². The molecule has 0 bridgehead atoms. The number of H-pyrrole nitrogens is 1. The van der Waals surface area contributed by atoms with Crippen LogP contribution in [0, 0.1) is 0 Å². The van der Waals surface area contributed by atoms with E-state index in [2.05, 4.69) is 20.3 Å². The fourth-order valence-electron chi connectivity index (χ4n) is 1.74. The highest BCUT2D eigenvalue weighted by molar-refractivity contribution is 5.79. The van der Waals surface area contributed by atoms with E-state index in [1.807, 2.05) is 12.1 Å². The lowest BCUT2D eigenvalue weighted by Gasteiger charge is -2.02. The topological polar surface area (TPSA) is 83.8 Å². The first-order valence-electron chi connectivity index (χ1n) is 5.39. The van der Waals surface area contributed by atoms with Crippen molar-refractivity contribution in [2.24, 2.45) is 0 Å². The number of aromatic amines is 1. The normalized spacial score (nSPS) is 10.7. The Hall–Kier alpha value is -2.63. The van der Waals surface area contributed by atoms with Gasteiger partial charge in [-0.3, -0.25) is 4.98 Å². The lowest BCUT2D eigenvalue weighted by atomic mass is 10.1. The van der Waals surface area contributed by atoms with Crippen LogP contribution in [-0.4, -0.2) is 22.0 Å². The summed E-state index contributed by atoms with van der Waals surface area (Å²) in [4.78, 5) is 22.0. The van der Waals surface area contributed by atoms with E-state index in [-0.39, 0.29) is 0 Å². The fraction of sp³-hybridized carbons (Fsp3) is 0.0833. The van der Waals surface area contributed by atoms with Crippen molar-refractivity contribution in [3.8, 4) is 11.1 Å². The highest BCUT2D eigenvalue weighted by Crippen LogP contribution is 2.22. The predicted molar refractivity (Wildman–Crippen MR) is 67.4 cm³/mol. The summed E-state index contributed by atoms with van der Waals surface area (Å²) in [5.41, 5.74) is 2.99. The van der Waals surface area contributed by atoms with Gasteiger partial charge in [-0.15, -0.1) is 0 Å². The minimum absolute atomic E-state index is 0.455. The van der Waals surface area contributed by atoms with Crippen LogP contribution in [0.5, 0.6) is 0 Å². The average molecular weight is 242 g/mol. The molecule has 0 radical (unpaired) electrons. The molecule has 3 aromatic rings. The van der Waals surface area contributed by atoms with Gasteiger partial charge in [0.1, 0.15) is 0 Å². The minimum Gasteiger partial charge on any atom is -0.408 e. The Kier molecular flexibility index (Phi) is 2.33. The summed E-state index contributed by atoms with van der Waals surface area (Å²) in [5.74, 6) is 0.112. The number of nitrogens with zero attached hydrogens (tertiary/aromatic N) is 2. The first-order chi connectivity index (χ1) is 8.76. The second kappa shape index (κ2) is 3.99. The summed E-state index contributed by atoms with van der Waals surface area (Å²) < 4.78 is 4.94. The lowest BCUT2D eigenvalue weighted by Crippen LogP contribution is -1.95. The Balaban J connectivity index is 2.09. The molecule has 2 N–H and O–H groups in total. The van der Waals surface area contributed by atoms with Crippen LogP contribution in [0.25, 0.3) is 22.2 Å². The highest BCUT2D eigenvalue weighted by atomic mass is 16.4. The van der Waals surface area contributed by atoms with E-state index >= 15 is 0 Å². The Labute approximate surface area is 102 Å². The molecule has 0 saturated carbocycles. The number of rotatable bonds is 2. The summed E-state index contributed by atoms with van der Waals surface area (Å²) in [6.45, 7) is 0. The number of fused-ring (bicyclic) bond motifs is 1. The predicted octanol–water partition coefficient (Wildman–Crippen LogP) is 1.62. The zero-order valence-electron chi connectivity index (χ0n) is 9.60. The monoisotopic (exact) mass is 242 g/mol. The van der Waals surface area contributed by atoms with E-state index in [0.29, 0.717) is 17.0 Å². The van der Waals surface area contributed by atoms with Gasteiger partial charge in [0.15, 0.2) is 5.58 Å². The third-order valence-corrected chi connectivity index (χ3v) is 2.63. The molecule has 90 valence electrons. The van der Waals surface area contributed by atoms with Crippen molar-refractivity contribution in [2.45, 2.75) is 0 Å². The quantitative estimate of drug-likeness (QED) is 0.713. The van der Waals surface area contributed by atoms with Crippen LogP contribution in [0.3, 0.4) is 0 Å². The molecule has 6 heteroatoms. The number of anilines is 1. The second-order valence-electron chi connectivity index (χ2n) is 3.77. The van der Waals surface area contributed by atoms with E-state index in [1.165, 1.54) is 0 Å².